The third-order valence-corrected chi connectivity index (χ3v) is 2.98. The molecular formula is C12H10ClN3O. The fourth-order valence-corrected chi connectivity index (χ4v) is 2.14. The highest BCUT2D eigenvalue weighted by Crippen LogP contribution is 2.26. The van der Waals surface area contributed by atoms with Gasteiger partial charge in [-0.3, -0.25) is 4.40 Å². The molecule has 0 amide bonds. The van der Waals surface area contributed by atoms with Crippen LogP contribution in [0, 0.1) is 6.92 Å². The highest BCUT2D eigenvalue weighted by molar-refractivity contribution is 6.34. The number of aromatic nitrogens is 3. The van der Waals surface area contributed by atoms with E-state index >= 15 is 0 Å². The topological polar surface area (TPSA) is 39.4 Å². The second-order valence-corrected chi connectivity index (χ2v) is 4.20. The number of aryl methyl sites for hydroxylation is 1. The van der Waals surface area contributed by atoms with E-state index in [0.717, 1.165) is 22.3 Å². The summed E-state index contributed by atoms with van der Waals surface area (Å²) < 4.78 is 7.14. The molecule has 0 N–H and O–H groups in total. The van der Waals surface area contributed by atoms with E-state index in [1.165, 1.54) is 0 Å². The van der Waals surface area contributed by atoms with Gasteiger partial charge in [0.05, 0.1) is 18.3 Å². The number of methoxy groups -OCH3 is 1. The molecule has 86 valence electrons. The van der Waals surface area contributed by atoms with Gasteiger partial charge in [0.15, 0.2) is 0 Å². The van der Waals surface area contributed by atoms with Crippen LogP contribution in [0.2, 0.25) is 5.15 Å². The lowest BCUT2D eigenvalue weighted by atomic mass is 10.2. The monoisotopic (exact) mass is 247 g/mol. The molecule has 2 heterocycles. The maximum atomic E-state index is 6.14. The Morgan fingerprint density at radius 1 is 1.29 bits per heavy atom. The van der Waals surface area contributed by atoms with Crippen LogP contribution in [-0.2, 0) is 0 Å². The molecule has 0 aliphatic carbocycles. The summed E-state index contributed by atoms with van der Waals surface area (Å²) in [5, 5.41) is 1.35. The van der Waals surface area contributed by atoms with Crippen molar-refractivity contribution in [3.05, 3.63) is 35.2 Å². The Kier molecular flexibility index (Phi) is 2.19. The number of hydrogen-bond donors (Lipinski definition) is 0. The maximum absolute atomic E-state index is 6.14. The number of halogens is 1. The second kappa shape index (κ2) is 3.60. The van der Waals surface area contributed by atoms with E-state index in [2.05, 4.69) is 9.97 Å². The molecule has 0 atom stereocenters. The van der Waals surface area contributed by atoms with Crippen LogP contribution in [-0.4, -0.2) is 21.5 Å². The van der Waals surface area contributed by atoms with Crippen LogP contribution in [0.3, 0.4) is 0 Å². The van der Waals surface area contributed by atoms with Gasteiger partial charge in [-0.1, -0.05) is 11.6 Å². The van der Waals surface area contributed by atoms with E-state index in [-0.39, 0.29) is 0 Å². The number of fused-ring (bicyclic) bond motifs is 3. The molecule has 0 aliphatic rings. The number of imidazole rings is 1. The number of nitrogens with zero attached hydrogens (tertiary/aromatic N) is 3. The number of ether oxygens (including phenoxy) is 1. The van der Waals surface area contributed by atoms with E-state index in [9.17, 15) is 0 Å². The van der Waals surface area contributed by atoms with Crippen LogP contribution in [0.4, 0.5) is 0 Å². The summed E-state index contributed by atoms with van der Waals surface area (Å²) in [6.45, 7) is 1.93. The first-order chi connectivity index (χ1) is 8.19. The number of hydrogen-bond acceptors (Lipinski definition) is 3. The lowest BCUT2D eigenvalue weighted by Crippen LogP contribution is -1.93. The maximum Gasteiger partial charge on any atom is 0.235 e. The quantitative estimate of drug-likeness (QED) is 0.621. The van der Waals surface area contributed by atoms with E-state index in [0.29, 0.717) is 10.9 Å². The van der Waals surface area contributed by atoms with Gasteiger partial charge in [0, 0.05) is 17.6 Å². The van der Waals surface area contributed by atoms with Crippen molar-refractivity contribution in [1.29, 1.82) is 0 Å². The summed E-state index contributed by atoms with van der Waals surface area (Å²) in [7, 11) is 1.64. The third-order valence-electron chi connectivity index (χ3n) is 2.69. The van der Waals surface area contributed by atoms with Crippen molar-refractivity contribution in [2.45, 2.75) is 6.92 Å². The summed E-state index contributed by atoms with van der Waals surface area (Å²) in [5.74, 6) is 1.39. The molecule has 17 heavy (non-hydrogen) atoms. The summed E-state index contributed by atoms with van der Waals surface area (Å²) in [6.07, 6.45) is 1.93. The van der Waals surface area contributed by atoms with Gasteiger partial charge in [-0.05, 0) is 19.1 Å². The Balaban J connectivity index is 2.51. The van der Waals surface area contributed by atoms with Crippen molar-refractivity contribution < 1.29 is 4.74 Å². The minimum absolute atomic E-state index is 0.459. The zero-order chi connectivity index (χ0) is 12.0. The third kappa shape index (κ3) is 1.52. The molecule has 0 unspecified atom stereocenters. The van der Waals surface area contributed by atoms with Crippen LogP contribution in [0.5, 0.6) is 5.75 Å². The van der Waals surface area contributed by atoms with E-state index in [1.807, 2.05) is 35.7 Å². The predicted molar refractivity (Wildman–Crippen MR) is 66.8 cm³/mol. The first kappa shape index (κ1) is 10.4. The van der Waals surface area contributed by atoms with Gasteiger partial charge < -0.3 is 4.74 Å². The lowest BCUT2D eigenvalue weighted by molar-refractivity contribution is 0.415. The van der Waals surface area contributed by atoms with Gasteiger partial charge in [-0.25, -0.2) is 4.98 Å². The summed E-state index contributed by atoms with van der Waals surface area (Å²) in [5.41, 5.74) is 1.85. The second-order valence-electron chi connectivity index (χ2n) is 3.84. The fourth-order valence-electron chi connectivity index (χ4n) is 1.90. The highest BCUT2D eigenvalue weighted by Gasteiger charge is 2.09. The number of benzene rings is 1. The van der Waals surface area contributed by atoms with Gasteiger partial charge in [-0.2, -0.15) is 4.98 Å². The van der Waals surface area contributed by atoms with Crippen LogP contribution in [0.1, 0.15) is 5.69 Å². The minimum atomic E-state index is 0.459. The predicted octanol–water partition coefficient (Wildman–Crippen LogP) is 2.85. The van der Waals surface area contributed by atoms with E-state index < -0.39 is 0 Å². The normalized spacial score (nSPS) is 11.2. The van der Waals surface area contributed by atoms with Gasteiger partial charge in [0.25, 0.3) is 0 Å². The Labute approximate surface area is 103 Å². The molecule has 0 aliphatic heterocycles. The fraction of sp³-hybridized carbons (Fsp3) is 0.167. The molecule has 3 aromatic rings. The summed E-state index contributed by atoms with van der Waals surface area (Å²) >= 11 is 6.14. The van der Waals surface area contributed by atoms with Crippen molar-refractivity contribution in [2.24, 2.45) is 0 Å². The molecule has 2 aromatic heterocycles. The average molecular weight is 248 g/mol. The Hall–Kier alpha value is -1.81. The Bertz CT molecular complexity index is 720. The van der Waals surface area contributed by atoms with Gasteiger partial charge in [-0.15, -0.1) is 0 Å². The summed E-state index contributed by atoms with van der Waals surface area (Å²) in [6, 6.07) is 5.70. The smallest absolute Gasteiger partial charge is 0.235 e. The first-order valence-electron chi connectivity index (χ1n) is 5.18. The first-order valence-corrected chi connectivity index (χ1v) is 5.56. The molecular weight excluding hydrogens is 238 g/mol. The molecule has 5 heteroatoms. The van der Waals surface area contributed by atoms with Gasteiger partial charge in [0.2, 0.25) is 5.78 Å². The molecule has 1 aromatic carbocycles. The molecule has 4 nitrogen and oxygen atoms in total. The summed E-state index contributed by atoms with van der Waals surface area (Å²) in [4.78, 5) is 8.56. The Morgan fingerprint density at radius 3 is 2.88 bits per heavy atom. The molecule has 0 spiro atoms. The molecule has 0 fully saturated rings. The zero-order valence-corrected chi connectivity index (χ0v) is 10.2. The molecule has 0 radical (unpaired) electrons. The standard InChI is InChI=1S/C12H10ClN3O/c1-7-6-16-10-5-8(17-2)3-4-9(10)11(13)15-12(16)14-7/h3-6H,1-2H3. The zero-order valence-electron chi connectivity index (χ0n) is 9.44. The van der Waals surface area contributed by atoms with Crippen LogP contribution in [0.15, 0.2) is 24.4 Å². The molecule has 0 saturated carbocycles. The number of rotatable bonds is 1. The van der Waals surface area contributed by atoms with Crippen molar-refractivity contribution in [3.8, 4) is 5.75 Å². The van der Waals surface area contributed by atoms with Crippen molar-refractivity contribution in [1.82, 2.24) is 14.4 Å². The van der Waals surface area contributed by atoms with Crippen LogP contribution in [0.25, 0.3) is 16.7 Å². The van der Waals surface area contributed by atoms with Gasteiger partial charge >= 0.3 is 0 Å². The molecule has 0 bridgehead atoms. The largest absolute Gasteiger partial charge is 0.497 e. The van der Waals surface area contributed by atoms with Crippen molar-refractivity contribution in [3.63, 3.8) is 0 Å². The van der Waals surface area contributed by atoms with Gasteiger partial charge in [0.1, 0.15) is 10.9 Å². The van der Waals surface area contributed by atoms with E-state index in [4.69, 9.17) is 16.3 Å². The van der Waals surface area contributed by atoms with Crippen molar-refractivity contribution in [2.75, 3.05) is 7.11 Å². The SMILES string of the molecule is COc1ccc2c(Cl)nc3nc(C)cn3c2c1. The Morgan fingerprint density at radius 2 is 2.12 bits per heavy atom. The molecule has 3 rings (SSSR count). The van der Waals surface area contributed by atoms with Crippen LogP contribution < -0.4 is 4.74 Å². The highest BCUT2D eigenvalue weighted by atomic mass is 35.5. The lowest BCUT2D eigenvalue weighted by Gasteiger charge is -2.05. The average Bonchev–Trinajstić information content (AvgIpc) is 2.69. The molecule has 0 saturated heterocycles. The van der Waals surface area contributed by atoms with Crippen LogP contribution >= 0.6 is 11.6 Å². The van der Waals surface area contributed by atoms with Crippen molar-refractivity contribution >= 4 is 28.3 Å². The van der Waals surface area contributed by atoms with E-state index in [1.54, 1.807) is 7.11 Å². The minimum Gasteiger partial charge on any atom is -0.497 e.